The standard InChI is InChI=1S/C5H5N3O3/c1-2-8-4(10)6-3(9)7-5(8)11/h2H,1H2,(H2,6,7,9,10,11). The van der Waals surface area contributed by atoms with E-state index in [0.717, 1.165) is 6.20 Å². The van der Waals surface area contributed by atoms with Gasteiger partial charge in [0, 0.05) is 6.20 Å². The van der Waals surface area contributed by atoms with Gasteiger partial charge >= 0.3 is 17.1 Å². The fraction of sp³-hybridized carbons (Fsp3) is 0. The fourth-order valence-electron chi connectivity index (χ4n) is 0.604. The summed E-state index contributed by atoms with van der Waals surface area (Å²) in [6.45, 7) is 3.20. The summed E-state index contributed by atoms with van der Waals surface area (Å²) >= 11 is 0. The van der Waals surface area contributed by atoms with Crippen molar-refractivity contribution in [1.82, 2.24) is 14.5 Å². The van der Waals surface area contributed by atoms with Gasteiger partial charge in [0.05, 0.1) is 0 Å². The topological polar surface area (TPSA) is 87.7 Å². The highest BCUT2D eigenvalue weighted by atomic mass is 16.2. The Balaban J connectivity index is 3.77. The van der Waals surface area contributed by atoms with E-state index in [1.54, 1.807) is 0 Å². The molecule has 0 radical (unpaired) electrons. The molecule has 0 aliphatic heterocycles. The zero-order chi connectivity index (χ0) is 8.43. The molecule has 0 spiro atoms. The molecule has 1 aromatic heterocycles. The molecule has 0 atom stereocenters. The molecule has 0 fully saturated rings. The largest absolute Gasteiger partial charge is 0.337 e. The van der Waals surface area contributed by atoms with Crippen molar-refractivity contribution in [2.75, 3.05) is 0 Å². The van der Waals surface area contributed by atoms with Gasteiger partial charge in [-0.15, -0.1) is 0 Å². The average Bonchev–Trinajstić information content (AvgIpc) is 1.85. The Hall–Kier alpha value is -1.85. The van der Waals surface area contributed by atoms with E-state index in [1.807, 2.05) is 9.97 Å². The molecule has 0 unspecified atom stereocenters. The number of hydrogen-bond acceptors (Lipinski definition) is 3. The van der Waals surface area contributed by atoms with Gasteiger partial charge < -0.3 is 0 Å². The molecule has 6 nitrogen and oxygen atoms in total. The van der Waals surface area contributed by atoms with Crippen LogP contribution in [0.3, 0.4) is 0 Å². The van der Waals surface area contributed by atoms with Crippen molar-refractivity contribution in [3.8, 4) is 0 Å². The van der Waals surface area contributed by atoms with E-state index in [9.17, 15) is 14.4 Å². The second-order valence-electron chi connectivity index (χ2n) is 1.74. The quantitative estimate of drug-likeness (QED) is 0.508. The van der Waals surface area contributed by atoms with Crippen molar-refractivity contribution >= 4 is 6.20 Å². The van der Waals surface area contributed by atoms with E-state index < -0.39 is 17.1 Å². The minimum absolute atomic E-state index is 0.654. The first-order valence-corrected chi connectivity index (χ1v) is 2.73. The summed E-state index contributed by atoms with van der Waals surface area (Å²) in [5, 5.41) is 0. The molecule has 1 heterocycles. The Bertz CT molecular complexity index is 401. The van der Waals surface area contributed by atoms with E-state index in [0.29, 0.717) is 4.57 Å². The molecule has 6 heteroatoms. The molecule has 0 aromatic carbocycles. The van der Waals surface area contributed by atoms with Gasteiger partial charge in [-0.2, -0.15) is 0 Å². The molecule has 0 aliphatic rings. The smallest absolute Gasteiger partial charge is 0.259 e. The molecule has 2 N–H and O–H groups in total. The van der Waals surface area contributed by atoms with Gasteiger partial charge in [-0.3, -0.25) is 9.97 Å². The zero-order valence-corrected chi connectivity index (χ0v) is 5.46. The van der Waals surface area contributed by atoms with Crippen LogP contribution >= 0.6 is 0 Å². The van der Waals surface area contributed by atoms with E-state index in [2.05, 4.69) is 6.58 Å². The highest BCUT2D eigenvalue weighted by Crippen LogP contribution is 1.59. The number of nitrogens with one attached hydrogen (secondary N) is 2. The van der Waals surface area contributed by atoms with Crippen LogP contribution in [0.2, 0.25) is 0 Å². The Kier molecular flexibility index (Phi) is 1.59. The number of nitrogens with zero attached hydrogens (tertiary/aromatic N) is 1. The van der Waals surface area contributed by atoms with E-state index in [-0.39, 0.29) is 0 Å². The maximum absolute atomic E-state index is 10.7. The summed E-state index contributed by atoms with van der Waals surface area (Å²) < 4.78 is 0.654. The third-order valence-electron chi connectivity index (χ3n) is 1.06. The SMILES string of the molecule is C=Cn1c(=O)[nH]c(=O)[nH]c1=O. The van der Waals surface area contributed by atoms with Crippen LogP contribution in [0.25, 0.3) is 6.20 Å². The van der Waals surface area contributed by atoms with E-state index >= 15 is 0 Å². The summed E-state index contributed by atoms with van der Waals surface area (Å²) in [6, 6.07) is 0. The van der Waals surface area contributed by atoms with Crippen LogP contribution in [0.5, 0.6) is 0 Å². The summed E-state index contributed by atoms with van der Waals surface area (Å²) in [4.78, 5) is 35.5. The van der Waals surface area contributed by atoms with Crippen molar-refractivity contribution in [3.63, 3.8) is 0 Å². The van der Waals surface area contributed by atoms with Gasteiger partial charge in [0.1, 0.15) is 0 Å². The summed E-state index contributed by atoms with van der Waals surface area (Å²) in [5.74, 6) is 0. The lowest BCUT2D eigenvalue weighted by atomic mass is 10.8. The molecule has 58 valence electrons. The zero-order valence-electron chi connectivity index (χ0n) is 5.46. The number of aromatic nitrogens is 3. The lowest BCUT2D eigenvalue weighted by Gasteiger charge is -1.90. The van der Waals surface area contributed by atoms with Gasteiger partial charge in [0.2, 0.25) is 0 Å². The van der Waals surface area contributed by atoms with Gasteiger partial charge in [-0.05, 0) is 0 Å². The summed E-state index contributed by atoms with van der Waals surface area (Å²) in [5.41, 5.74) is -2.42. The Morgan fingerprint density at radius 1 is 1.18 bits per heavy atom. The first-order chi connectivity index (χ1) is 5.15. The van der Waals surface area contributed by atoms with Crippen LogP contribution < -0.4 is 17.1 Å². The minimum atomic E-state index is -0.821. The maximum Gasteiger partial charge on any atom is 0.337 e. The van der Waals surface area contributed by atoms with Gasteiger partial charge in [-0.1, -0.05) is 6.58 Å². The molecule has 0 saturated heterocycles. The molecular formula is C5H5N3O3. The molecule has 0 amide bonds. The van der Waals surface area contributed by atoms with Crippen LogP contribution in [0, 0.1) is 0 Å². The molecule has 0 bridgehead atoms. The second-order valence-corrected chi connectivity index (χ2v) is 1.74. The normalized spacial score (nSPS) is 9.45. The molecular weight excluding hydrogens is 150 g/mol. The van der Waals surface area contributed by atoms with Crippen LogP contribution in [-0.2, 0) is 0 Å². The summed E-state index contributed by atoms with van der Waals surface area (Å²) in [6.07, 6.45) is 1.01. The minimum Gasteiger partial charge on any atom is -0.259 e. The van der Waals surface area contributed by atoms with Crippen molar-refractivity contribution < 1.29 is 0 Å². The van der Waals surface area contributed by atoms with Crippen LogP contribution in [0.4, 0.5) is 0 Å². The second kappa shape index (κ2) is 2.41. The number of rotatable bonds is 1. The average molecular weight is 155 g/mol. The fourth-order valence-corrected chi connectivity index (χ4v) is 0.604. The Morgan fingerprint density at radius 2 is 1.64 bits per heavy atom. The van der Waals surface area contributed by atoms with Crippen molar-refractivity contribution in [3.05, 3.63) is 38.0 Å². The lowest BCUT2D eigenvalue weighted by Crippen LogP contribution is -2.40. The van der Waals surface area contributed by atoms with Crippen LogP contribution in [0.15, 0.2) is 21.0 Å². The molecule has 0 saturated carbocycles. The molecule has 11 heavy (non-hydrogen) atoms. The highest BCUT2D eigenvalue weighted by Gasteiger charge is 1.95. The number of hydrogen-bond donors (Lipinski definition) is 2. The van der Waals surface area contributed by atoms with Crippen LogP contribution in [0.1, 0.15) is 0 Å². The Labute approximate surface area is 59.8 Å². The third kappa shape index (κ3) is 1.18. The Morgan fingerprint density at radius 3 is 2.00 bits per heavy atom. The van der Waals surface area contributed by atoms with E-state index in [1.165, 1.54) is 0 Å². The van der Waals surface area contributed by atoms with Gasteiger partial charge in [0.15, 0.2) is 0 Å². The first-order valence-electron chi connectivity index (χ1n) is 2.73. The monoisotopic (exact) mass is 155 g/mol. The van der Waals surface area contributed by atoms with Crippen LogP contribution in [-0.4, -0.2) is 14.5 Å². The van der Waals surface area contributed by atoms with Gasteiger partial charge in [-0.25, -0.2) is 19.0 Å². The molecule has 1 rings (SSSR count). The third-order valence-corrected chi connectivity index (χ3v) is 1.06. The molecule has 0 aliphatic carbocycles. The summed E-state index contributed by atoms with van der Waals surface area (Å²) in [7, 11) is 0. The highest BCUT2D eigenvalue weighted by molar-refractivity contribution is 5.12. The van der Waals surface area contributed by atoms with E-state index in [4.69, 9.17) is 0 Å². The van der Waals surface area contributed by atoms with Crippen molar-refractivity contribution in [2.24, 2.45) is 0 Å². The predicted molar refractivity (Wildman–Crippen MR) is 38.3 cm³/mol. The van der Waals surface area contributed by atoms with Gasteiger partial charge in [0.25, 0.3) is 0 Å². The number of aromatic amines is 2. The predicted octanol–water partition coefficient (Wildman–Crippen LogP) is -1.67. The first kappa shape index (κ1) is 7.26. The molecule has 1 aromatic rings. The number of H-pyrrole nitrogens is 2. The maximum atomic E-state index is 10.7. The lowest BCUT2D eigenvalue weighted by molar-refractivity contribution is 0.814. The van der Waals surface area contributed by atoms with Crippen molar-refractivity contribution in [1.29, 1.82) is 0 Å². The van der Waals surface area contributed by atoms with Crippen molar-refractivity contribution in [2.45, 2.75) is 0 Å².